The molecule has 4 aliphatic carbocycles. The van der Waals surface area contributed by atoms with Crippen molar-refractivity contribution in [1.29, 1.82) is 0 Å². The molecule has 12 aromatic rings. The number of hydrogen-bond donors (Lipinski definition) is 0. The third-order valence-corrected chi connectivity index (χ3v) is 25.3. The van der Waals surface area contributed by atoms with Gasteiger partial charge in [-0.3, -0.25) is 0 Å². The van der Waals surface area contributed by atoms with Crippen molar-refractivity contribution in [3.05, 3.63) is 239 Å². The summed E-state index contributed by atoms with van der Waals surface area (Å²) in [6.45, 7) is 33.2. The molecule has 2 aliphatic heterocycles. The summed E-state index contributed by atoms with van der Waals surface area (Å²) in [5.74, 6) is 1.29. The molecule has 10 aromatic carbocycles. The van der Waals surface area contributed by atoms with Gasteiger partial charge in [-0.1, -0.05) is 205 Å². The molecule has 478 valence electrons. The van der Waals surface area contributed by atoms with Gasteiger partial charge in [0, 0.05) is 76.3 Å². The molecule has 2 fully saturated rings. The van der Waals surface area contributed by atoms with E-state index in [-0.39, 0.29) is 39.2 Å². The normalized spacial score (nSPS) is 19.5. The number of nitrogens with zero attached hydrogens (tertiary/aromatic N) is 3. The van der Waals surface area contributed by atoms with Crippen LogP contribution in [-0.2, 0) is 32.5 Å². The predicted octanol–water partition coefficient (Wildman–Crippen LogP) is 23.7. The number of hydrogen-bond acceptors (Lipinski definition) is 5. The molecule has 2 saturated carbocycles. The van der Waals surface area contributed by atoms with Gasteiger partial charge in [-0.25, -0.2) is 0 Å². The molecule has 0 unspecified atom stereocenters. The highest BCUT2D eigenvalue weighted by Gasteiger charge is 2.60. The van der Waals surface area contributed by atoms with E-state index in [0.717, 1.165) is 51.4 Å². The van der Waals surface area contributed by atoms with Crippen LogP contribution in [0.2, 0.25) is 0 Å². The van der Waals surface area contributed by atoms with E-state index in [1.807, 2.05) is 0 Å². The molecule has 2 aromatic heterocycles. The van der Waals surface area contributed by atoms with Gasteiger partial charge in [0.25, 0.3) is 6.71 Å². The van der Waals surface area contributed by atoms with Gasteiger partial charge in [0.2, 0.25) is 0 Å². The van der Waals surface area contributed by atoms with Gasteiger partial charge in [0.05, 0.1) is 17.1 Å². The van der Waals surface area contributed by atoms with Crippen LogP contribution in [0.15, 0.2) is 199 Å². The number of rotatable bonds is 6. The Hall–Kier alpha value is -8.58. The van der Waals surface area contributed by atoms with Crippen molar-refractivity contribution >= 4 is 117 Å². The molecule has 0 atom stereocenters. The topological polar surface area (TPSA) is 22.9 Å². The molecule has 1 spiro atoms. The minimum absolute atomic E-state index is 0.0153. The first-order valence-corrected chi connectivity index (χ1v) is 36.5. The number of thiophene rings is 1. The SMILES string of the molecule is Cc1cc2c3c(c1)N(c1cccc4c1oc1c(C(C)(C)C)cc(C(C)(C)C)cc14)c1cc(N(c4ccc(C(C)(C)C)cc4)c4ccccc4-c4ccccc4)ccc1B3c1sc3cc4c(cc3c1N2c1ccc2c(c1)C1(c3ccccc3-2)C2CCC1CC2)C(C)(C)CCC4(C)C. The summed E-state index contributed by atoms with van der Waals surface area (Å²) < 4.78 is 10.5. The molecule has 6 heteroatoms. The Bertz CT molecular complexity index is 5230. The average Bonchev–Trinajstić information content (AvgIpc) is 1.40. The van der Waals surface area contributed by atoms with Crippen molar-refractivity contribution < 1.29 is 4.42 Å². The smallest absolute Gasteiger partial charge is 0.264 e. The van der Waals surface area contributed by atoms with Gasteiger partial charge in [-0.05, 0) is 230 Å². The fraction of sp³-hybridized carbons (Fsp3) is 0.311. The van der Waals surface area contributed by atoms with E-state index in [0.29, 0.717) is 11.8 Å². The van der Waals surface area contributed by atoms with Crippen LogP contribution in [0.25, 0.3) is 54.3 Å². The van der Waals surface area contributed by atoms with Crippen molar-refractivity contribution in [2.24, 2.45) is 11.8 Å². The van der Waals surface area contributed by atoms with E-state index < -0.39 is 0 Å². The quantitative estimate of drug-likeness (QED) is 0.155. The first-order chi connectivity index (χ1) is 45.9. The van der Waals surface area contributed by atoms with E-state index in [1.165, 1.54) is 142 Å². The molecule has 6 aliphatic rings. The van der Waals surface area contributed by atoms with Crippen LogP contribution in [0.5, 0.6) is 0 Å². The third kappa shape index (κ3) is 8.58. The largest absolute Gasteiger partial charge is 0.454 e. The van der Waals surface area contributed by atoms with E-state index in [2.05, 4.69) is 317 Å². The maximum atomic E-state index is 7.69. The van der Waals surface area contributed by atoms with Crippen molar-refractivity contribution in [1.82, 2.24) is 0 Å². The Balaban J connectivity index is 0.949. The lowest BCUT2D eigenvalue weighted by Gasteiger charge is -2.44. The zero-order chi connectivity index (χ0) is 66.1. The van der Waals surface area contributed by atoms with Crippen LogP contribution < -0.4 is 30.4 Å². The van der Waals surface area contributed by atoms with Crippen LogP contribution >= 0.6 is 11.3 Å². The molecule has 0 saturated heterocycles. The second-order valence-corrected chi connectivity index (χ2v) is 35.0. The summed E-state index contributed by atoms with van der Waals surface area (Å²) in [6, 6.07) is 76.3. The molecule has 4 heterocycles. The Morgan fingerprint density at radius 2 is 1.11 bits per heavy atom. The van der Waals surface area contributed by atoms with Gasteiger partial charge in [0.15, 0.2) is 5.58 Å². The summed E-state index contributed by atoms with van der Waals surface area (Å²) in [6.07, 6.45) is 7.55. The highest BCUT2D eigenvalue weighted by atomic mass is 32.1. The standard InChI is InChI=1S/C90H88BN3OS/c1-53-45-77-80-78(46-53)94(75-30-22-27-65-66-47-58(86(5,6)7)48-72(87(8,9)10)82(66)95-83(65)75)76-50-61(92(59-37-35-55(36-38-59)85(2,3)4)74-29-21-19-25-62(74)54-23-16-15-17-24-54)40-42-73(76)91(80)84-81(67-51-70-71(52-79(67)96-84)89(13,14)44-43-88(70,11)12)93(77)60-39-41-64-63-26-18-20-28-68(63)90(69(64)49-60)56-31-32-57(90)34-33-56/h15-30,35-42,45-52,56-57H,31-34,43-44H2,1-14H3. The van der Waals surface area contributed by atoms with E-state index >= 15 is 0 Å². The zero-order valence-corrected chi connectivity index (χ0v) is 59.4. The molecular weight excluding hydrogens is 1180 g/mol. The van der Waals surface area contributed by atoms with Crippen LogP contribution in [0.3, 0.4) is 0 Å². The maximum Gasteiger partial charge on any atom is 0.264 e. The molecule has 4 nitrogen and oxygen atoms in total. The van der Waals surface area contributed by atoms with Gasteiger partial charge < -0.3 is 19.1 Å². The van der Waals surface area contributed by atoms with E-state index in [4.69, 9.17) is 4.42 Å². The molecule has 2 bridgehead atoms. The van der Waals surface area contributed by atoms with Crippen molar-refractivity contribution in [3.63, 3.8) is 0 Å². The van der Waals surface area contributed by atoms with Crippen LogP contribution in [-0.4, -0.2) is 6.71 Å². The molecule has 0 radical (unpaired) electrons. The van der Waals surface area contributed by atoms with E-state index in [9.17, 15) is 0 Å². The summed E-state index contributed by atoms with van der Waals surface area (Å²) in [5.41, 5.74) is 31.4. The van der Waals surface area contributed by atoms with Crippen molar-refractivity contribution in [2.45, 2.75) is 168 Å². The van der Waals surface area contributed by atoms with Crippen LogP contribution in [0, 0.1) is 18.8 Å². The molecule has 0 amide bonds. The van der Waals surface area contributed by atoms with Gasteiger partial charge in [-0.15, -0.1) is 11.3 Å². The highest BCUT2D eigenvalue weighted by Crippen LogP contribution is 2.68. The van der Waals surface area contributed by atoms with Gasteiger partial charge >= 0.3 is 0 Å². The van der Waals surface area contributed by atoms with Crippen LogP contribution in [0.1, 0.15) is 173 Å². The first kappa shape index (κ1) is 59.9. The van der Waals surface area contributed by atoms with E-state index in [1.54, 1.807) is 11.1 Å². The number of anilines is 9. The van der Waals surface area contributed by atoms with Crippen LogP contribution in [0.4, 0.5) is 51.2 Å². The molecule has 0 N–H and O–H groups in total. The number of benzene rings is 10. The predicted molar refractivity (Wildman–Crippen MR) is 411 cm³/mol. The Kier molecular flexibility index (Phi) is 12.8. The lowest BCUT2D eigenvalue weighted by atomic mass is 9.36. The highest BCUT2D eigenvalue weighted by molar-refractivity contribution is 7.33. The third-order valence-electron chi connectivity index (χ3n) is 24.1. The average molecular weight is 1270 g/mol. The van der Waals surface area contributed by atoms with Crippen molar-refractivity contribution in [2.75, 3.05) is 14.7 Å². The first-order valence-electron chi connectivity index (χ1n) is 35.7. The fourth-order valence-corrected chi connectivity index (χ4v) is 20.5. The second kappa shape index (κ2) is 20.5. The monoisotopic (exact) mass is 1270 g/mol. The maximum absolute atomic E-state index is 7.69. The minimum Gasteiger partial charge on any atom is -0.454 e. The van der Waals surface area contributed by atoms with Crippen molar-refractivity contribution in [3.8, 4) is 22.3 Å². The summed E-state index contributed by atoms with van der Waals surface area (Å²) in [5, 5.41) is 3.67. The molecule has 18 rings (SSSR count). The van der Waals surface area contributed by atoms with Gasteiger partial charge in [-0.2, -0.15) is 0 Å². The number of furan rings is 1. The second-order valence-electron chi connectivity index (χ2n) is 33.9. The molecular formula is C90H88BN3OS. The number of fused-ring (bicyclic) bond motifs is 13. The Morgan fingerprint density at radius 1 is 0.479 bits per heavy atom. The number of aryl methyl sites for hydroxylation is 1. The Labute approximate surface area is 573 Å². The lowest BCUT2D eigenvalue weighted by Crippen LogP contribution is -2.60. The lowest BCUT2D eigenvalue weighted by molar-refractivity contribution is 0.332. The summed E-state index contributed by atoms with van der Waals surface area (Å²) in [7, 11) is 0. The Morgan fingerprint density at radius 3 is 1.81 bits per heavy atom. The molecule has 96 heavy (non-hydrogen) atoms. The minimum atomic E-state index is -0.179. The number of para-hydroxylation sites is 2. The zero-order valence-electron chi connectivity index (χ0n) is 58.6. The summed E-state index contributed by atoms with van der Waals surface area (Å²) >= 11 is 2.05. The fourth-order valence-electron chi connectivity index (χ4n) is 19.1. The van der Waals surface area contributed by atoms with Gasteiger partial charge in [0.1, 0.15) is 5.58 Å². The summed E-state index contributed by atoms with van der Waals surface area (Å²) in [4.78, 5) is 7.94.